The van der Waals surface area contributed by atoms with Crippen LogP contribution >= 0.6 is 0 Å². The van der Waals surface area contributed by atoms with Crippen LogP contribution in [0.5, 0.6) is 0 Å². The highest BCUT2D eigenvalue weighted by Crippen LogP contribution is 2.05. The van der Waals surface area contributed by atoms with Crippen LogP contribution in [0.15, 0.2) is 83.3 Å². The molecule has 0 radical (unpaired) electrons. The van der Waals surface area contributed by atoms with E-state index in [0.29, 0.717) is 0 Å². The zero-order valence-electron chi connectivity index (χ0n) is 12.8. The summed E-state index contributed by atoms with van der Waals surface area (Å²) in [4.78, 5) is 24.6. The fourth-order valence-electron chi connectivity index (χ4n) is 2.56. The van der Waals surface area contributed by atoms with Crippen LogP contribution in [0.25, 0.3) is 12.4 Å². The molecule has 0 fully saturated rings. The number of carbonyl (C=O) groups excluding carboxylic acids is 1. The van der Waals surface area contributed by atoms with Crippen LogP contribution in [-0.4, -0.2) is 15.8 Å². The van der Waals surface area contributed by atoms with Crippen molar-refractivity contribution in [2.24, 2.45) is 9.98 Å². The van der Waals surface area contributed by atoms with Gasteiger partial charge in [0.05, 0.1) is 10.7 Å². The van der Waals surface area contributed by atoms with E-state index in [1.54, 1.807) is 37.2 Å². The average Bonchev–Trinajstić information content (AvgIpc) is 2.96. The quantitative estimate of drug-likeness (QED) is 0.709. The third-order valence-corrected chi connectivity index (χ3v) is 3.75. The highest BCUT2D eigenvalue weighted by molar-refractivity contribution is 5.84. The van der Waals surface area contributed by atoms with E-state index in [9.17, 15) is 4.79 Å². The van der Waals surface area contributed by atoms with Gasteiger partial charge in [-0.15, -0.1) is 0 Å². The fourth-order valence-corrected chi connectivity index (χ4v) is 2.56. The van der Waals surface area contributed by atoms with Gasteiger partial charge in [-0.3, -0.25) is 19.8 Å². The van der Waals surface area contributed by atoms with E-state index >= 15 is 0 Å². The summed E-state index contributed by atoms with van der Waals surface area (Å²) in [7, 11) is 0. The van der Waals surface area contributed by atoms with Gasteiger partial charge in [-0.1, -0.05) is 36.4 Å². The molecule has 0 N–H and O–H groups in total. The summed E-state index contributed by atoms with van der Waals surface area (Å²) in [5, 5.41) is 3.44. The highest BCUT2D eigenvalue weighted by Gasteiger charge is 2.15. The molecule has 2 aliphatic rings. The normalized spacial score (nSPS) is 14.8. The maximum absolute atomic E-state index is 12.9. The van der Waals surface area contributed by atoms with Crippen molar-refractivity contribution in [2.75, 3.05) is 0 Å². The molecule has 0 unspecified atom stereocenters. The summed E-state index contributed by atoms with van der Waals surface area (Å²) in [5.41, 5.74) is 0. The molecule has 2 aromatic carbocycles. The van der Waals surface area contributed by atoms with E-state index in [2.05, 4.69) is 9.98 Å². The number of fused-ring (bicyclic) bond motifs is 2. The molecule has 0 saturated heterocycles. The third-order valence-electron chi connectivity index (χ3n) is 3.75. The van der Waals surface area contributed by atoms with Gasteiger partial charge in [0.25, 0.3) is 0 Å². The Hall–Kier alpha value is -3.47. The van der Waals surface area contributed by atoms with Crippen LogP contribution in [0, 0.1) is 0 Å². The summed E-state index contributed by atoms with van der Waals surface area (Å²) in [5.74, 6) is 0. The van der Waals surface area contributed by atoms with Crippen molar-refractivity contribution in [3.8, 4) is 0 Å². The SMILES string of the molecule is O=C(N1C=CN=c2ccccc2=C1)N1C=CN=c2ccccc2=C1. The van der Waals surface area contributed by atoms with Crippen LogP contribution in [0.2, 0.25) is 0 Å². The van der Waals surface area contributed by atoms with E-state index in [4.69, 9.17) is 0 Å². The largest absolute Gasteiger partial charge is 0.336 e. The van der Waals surface area contributed by atoms with Crippen LogP contribution in [-0.2, 0) is 0 Å². The van der Waals surface area contributed by atoms with Gasteiger partial charge < -0.3 is 0 Å². The number of hydrogen-bond donors (Lipinski definition) is 0. The summed E-state index contributed by atoms with van der Waals surface area (Å²) in [6.45, 7) is 0. The van der Waals surface area contributed by atoms with Crippen molar-refractivity contribution in [3.05, 3.63) is 94.5 Å². The fraction of sp³-hybridized carbons (Fsp3) is 0. The van der Waals surface area contributed by atoms with Crippen molar-refractivity contribution in [1.29, 1.82) is 0 Å². The third kappa shape index (κ3) is 2.63. The Morgan fingerprint density at radius 2 is 1.17 bits per heavy atom. The first-order chi connectivity index (χ1) is 11.8. The number of nitrogens with zero attached hydrogens (tertiary/aromatic N) is 4. The molecule has 0 bridgehead atoms. The van der Waals surface area contributed by atoms with E-state index in [1.165, 1.54) is 9.80 Å². The predicted molar refractivity (Wildman–Crippen MR) is 90.7 cm³/mol. The van der Waals surface area contributed by atoms with E-state index in [-0.39, 0.29) is 6.03 Å². The van der Waals surface area contributed by atoms with Crippen LogP contribution in [0.4, 0.5) is 4.79 Å². The Morgan fingerprint density at radius 1 is 0.708 bits per heavy atom. The highest BCUT2D eigenvalue weighted by atomic mass is 16.2. The molecule has 116 valence electrons. The molecule has 2 aromatic rings. The van der Waals surface area contributed by atoms with Crippen LogP contribution < -0.4 is 21.2 Å². The number of para-hydroxylation sites is 2. The molecular weight excluding hydrogens is 300 g/mol. The maximum atomic E-state index is 12.9. The molecule has 0 spiro atoms. The molecule has 5 heteroatoms. The number of urea groups is 1. The Bertz CT molecular complexity index is 1010. The van der Waals surface area contributed by atoms with Gasteiger partial charge >= 0.3 is 6.03 Å². The van der Waals surface area contributed by atoms with Crippen molar-refractivity contribution < 1.29 is 4.79 Å². The second-order valence-corrected chi connectivity index (χ2v) is 5.33. The van der Waals surface area contributed by atoms with E-state index in [1.807, 2.05) is 48.5 Å². The molecular formula is C19H14N4O. The lowest BCUT2D eigenvalue weighted by molar-refractivity contribution is 0.216. The van der Waals surface area contributed by atoms with Crippen molar-refractivity contribution in [2.45, 2.75) is 0 Å². The second kappa shape index (κ2) is 5.96. The molecule has 24 heavy (non-hydrogen) atoms. The van der Waals surface area contributed by atoms with Gasteiger partial charge in [-0.2, -0.15) is 0 Å². The molecule has 2 aliphatic heterocycles. The standard InChI is InChI=1S/C19H14N4O/c24-19(22-11-9-20-17-7-3-1-5-15(17)13-22)23-12-10-21-18-8-4-2-6-16(18)14-23/h1-14H. The topological polar surface area (TPSA) is 48.3 Å². The second-order valence-electron chi connectivity index (χ2n) is 5.33. The monoisotopic (exact) mass is 314 g/mol. The molecule has 0 aliphatic carbocycles. The number of benzene rings is 2. The van der Waals surface area contributed by atoms with Gasteiger partial charge in [0.1, 0.15) is 0 Å². The summed E-state index contributed by atoms with van der Waals surface area (Å²) < 4.78 is 0. The Balaban J connectivity index is 1.74. The smallest absolute Gasteiger partial charge is 0.274 e. The minimum absolute atomic E-state index is 0.207. The zero-order chi connectivity index (χ0) is 16.4. The minimum atomic E-state index is -0.207. The van der Waals surface area contributed by atoms with Gasteiger partial charge in [0.2, 0.25) is 0 Å². The summed E-state index contributed by atoms with van der Waals surface area (Å²) in [6, 6.07) is 15.2. The molecule has 0 aromatic heterocycles. The lowest BCUT2D eigenvalue weighted by Crippen LogP contribution is -2.35. The summed E-state index contributed by atoms with van der Waals surface area (Å²) in [6.07, 6.45) is 10.1. The van der Waals surface area contributed by atoms with Crippen LogP contribution in [0.1, 0.15) is 0 Å². The van der Waals surface area contributed by atoms with Gasteiger partial charge in [-0.05, 0) is 12.1 Å². The minimum Gasteiger partial charge on any atom is -0.274 e. The lowest BCUT2D eigenvalue weighted by Gasteiger charge is -2.19. The molecule has 0 saturated carbocycles. The predicted octanol–water partition coefficient (Wildman–Crippen LogP) is 0.796. The van der Waals surface area contributed by atoms with Crippen molar-refractivity contribution in [3.63, 3.8) is 0 Å². The first-order valence-corrected chi connectivity index (χ1v) is 7.55. The molecule has 2 heterocycles. The summed E-state index contributed by atoms with van der Waals surface area (Å²) >= 11 is 0. The zero-order valence-corrected chi connectivity index (χ0v) is 12.8. The first kappa shape index (κ1) is 14.1. The number of amides is 2. The van der Waals surface area contributed by atoms with E-state index in [0.717, 1.165) is 21.2 Å². The lowest BCUT2D eigenvalue weighted by atomic mass is 10.3. The van der Waals surface area contributed by atoms with Crippen LogP contribution in [0.3, 0.4) is 0 Å². The van der Waals surface area contributed by atoms with Gasteiger partial charge in [0, 0.05) is 47.6 Å². The Kier molecular flexibility index (Phi) is 3.51. The first-order valence-electron chi connectivity index (χ1n) is 7.55. The maximum Gasteiger partial charge on any atom is 0.336 e. The Morgan fingerprint density at radius 3 is 1.67 bits per heavy atom. The molecule has 5 nitrogen and oxygen atoms in total. The van der Waals surface area contributed by atoms with Crippen molar-refractivity contribution >= 4 is 18.4 Å². The average molecular weight is 314 g/mol. The molecule has 4 rings (SSSR count). The van der Waals surface area contributed by atoms with Crippen molar-refractivity contribution in [1.82, 2.24) is 9.80 Å². The molecule has 2 amide bonds. The number of carbonyl (C=O) groups is 1. The Labute approximate surface area is 138 Å². The number of rotatable bonds is 0. The number of hydrogen-bond acceptors (Lipinski definition) is 3. The van der Waals surface area contributed by atoms with Gasteiger partial charge in [0.15, 0.2) is 0 Å². The van der Waals surface area contributed by atoms with E-state index < -0.39 is 0 Å². The van der Waals surface area contributed by atoms with Gasteiger partial charge in [-0.25, -0.2) is 4.79 Å². The molecule has 0 atom stereocenters.